The second kappa shape index (κ2) is 6.80. The Morgan fingerprint density at radius 1 is 1.13 bits per heavy atom. The van der Waals surface area contributed by atoms with Crippen LogP contribution >= 0.6 is 0 Å². The molecule has 1 aromatic carbocycles. The highest BCUT2D eigenvalue weighted by Gasteiger charge is 2.36. The zero-order valence-corrected chi connectivity index (χ0v) is 12.6. The van der Waals surface area contributed by atoms with E-state index >= 15 is 0 Å². The summed E-state index contributed by atoms with van der Waals surface area (Å²) in [7, 11) is 0. The second-order valence-corrected chi connectivity index (χ2v) is 4.54. The number of hydrogen-bond donors (Lipinski definition) is 0. The Labute approximate surface area is 130 Å². The predicted molar refractivity (Wildman–Crippen MR) is 77.3 cm³/mol. The van der Waals surface area contributed by atoms with Crippen LogP contribution in [0.15, 0.2) is 30.5 Å². The van der Waals surface area contributed by atoms with Crippen LogP contribution in [0.5, 0.6) is 5.88 Å². The van der Waals surface area contributed by atoms with Gasteiger partial charge in [0.15, 0.2) is 0 Å². The van der Waals surface area contributed by atoms with E-state index in [0.717, 1.165) is 0 Å². The van der Waals surface area contributed by atoms with Crippen LogP contribution in [0.1, 0.15) is 19.4 Å². The molecule has 0 spiro atoms. The summed E-state index contributed by atoms with van der Waals surface area (Å²) in [6.07, 6.45) is -3.91. The molecule has 0 aliphatic heterocycles. The summed E-state index contributed by atoms with van der Waals surface area (Å²) in [6.45, 7) is 3.79. The Bertz CT molecular complexity index is 659. The molecule has 0 saturated carbocycles. The van der Waals surface area contributed by atoms with E-state index in [1.165, 1.54) is 24.3 Å². The van der Waals surface area contributed by atoms with E-state index in [1.807, 2.05) is 0 Å². The van der Waals surface area contributed by atoms with E-state index in [-0.39, 0.29) is 12.6 Å². The lowest BCUT2D eigenvalue weighted by Gasteiger charge is -2.22. The van der Waals surface area contributed by atoms with Gasteiger partial charge in [0, 0.05) is 18.4 Å². The summed E-state index contributed by atoms with van der Waals surface area (Å²) in [5.74, 6) is -0.880. The minimum Gasteiger partial charge on any atom is -0.477 e. The molecule has 2 rings (SSSR count). The molecule has 0 radical (unpaired) electrons. The first-order valence-electron chi connectivity index (χ1n) is 6.97. The minimum absolute atomic E-state index is 0.0439. The van der Waals surface area contributed by atoms with Crippen molar-refractivity contribution < 1.29 is 22.3 Å². The van der Waals surface area contributed by atoms with E-state index < -0.39 is 23.4 Å². The number of aromatic nitrogens is 2. The van der Waals surface area contributed by atoms with Crippen LogP contribution in [0.25, 0.3) is 0 Å². The van der Waals surface area contributed by atoms with Crippen molar-refractivity contribution in [2.24, 2.45) is 0 Å². The summed E-state index contributed by atoms with van der Waals surface area (Å²) in [6, 6.07) is 5.51. The van der Waals surface area contributed by atoms with Crippen LogP contribution in [0.2, 0.25) is 0 Å². The highest BCUT2D eigenvalue weighted by Crippen LogP contribution is 2.36. The molecule has 2 aromatic rings. The third-order valence-electron chi connectivity index (χ3n) is 3.02. The Morgan fingerprint density at radius 2 is 1.78 bits per heavy atom. The van der Waals surface area contributed by atoms with Gasteiger partial charge in [0.2, 0.25) is 11.8 Å². The number of ether oxygens (including phenoxy) is 1. The Hall–Kier alpha value is -2.38. The molecule has 0 amide bonds. The molecule has 4 nitrogen and oxygen atoms in total. The van der Waals surface area contributed by atoms with Crippen LogP contribution in [0.3, 0.4) is 0 Å². The van der Waals surface area contributed by atoms with Crippen molar-refractivity contribution in [2.45, 2.75) is 20.0 Å². The lowest BCUT2D eigenvalue weighted by Crippen LogP contribution is -2.20. The number of nitrogens with zero attached hydrogens (tertiary/aromatic N) is 3. The van der Waals surface area contributed by atoms with E-state index in [0.29, 0.717) is 18.4 Å². The highest BCUT2D eigenvalue weighted by molar-refractivity contribution is 5.57. The maximum atomic E-state index is 13.0. The molecule has 1 heterocycles. The number of benzene rings is 1. The molecular formula is C15H15F4N3O. The van der Waals surface area contributed by atoms with Gasteiger partial charge in [-0.2, -0.15) is 18.2 Å². The molecule has 0 saturated heterocycles. The molecule has 0 aliphatic carbocycles. The fourth-order valence-corrected chi connectivity index (χ4v) is 1.99. The summed E-state index contributed by atoms with van der Waals surface area (Å²) in [5.41, 5.74) is -0.464. The molecule has 8 heteroatoms. The SMILES string of the molecule is CCOc1nc(N(CC)c2ccc(F)cc2)ncc1C(F)(F)F. The van der Waals surface area contributed by atoms with Gasteiger partial charge in [0.25, 0.3) is 0 Å². The standard InChI is InChI=1S/C15H15F4N3O/c1-3-22(11-7-5-10(16)6-8-11)14-20-9-12(15(17,18)19)13(21-14)23-4-2/h5-9H,3-4H2,1-2H3. The number of hydrogen-bond acceptors (Lipinski definition) is 4. The zero-order chi connectivity index (χ0) is 17.0. The lowest BCUT2D eigenvalue weighted by molar-refractivity contribution is -0.139. The Kier molecular flexibility index (Phi) is 5.02. The van der Waals surface area contributed by atoms with Crippen molar-refractivity contribution in [2.75, 3.05) is 18.1 Å². The number of halogens is 4. The number of anilines is 2. The van der Waals surface area contributed by atoms with Gasteiger partial charge in [0.05, 0.1) is 6.61 Å². The molecule has 124 valence electrons. The van der Waals surface area contributed by atoms with E-state index in [1.54, 1.807) is 18.7 Å². The van der Waals surface area contributed by atoms with Crippen molar-refractivity contribution in [1.29, 1.82) is 0 Å². The summed E-state index contributed by atoms with van der Waals surface area (Å²) >= 11 is 0. The first-order chi connectivity index (χ1) is 10.9. The number of rotatable bonds is 5. The maximum Gasteiger partial charge on any atom is 0.423 e. The molecule has 0 unspecified atom stereocenters. The molecule has 23 heavy (non-hydrogen) atoms. The van der Waals surface area contributed by atoms with Gasteiger partial charge in [-0.15, -0.1) is 0 Å². The van der Waals surface area contributed by atoms with E-state index in [4.69, 9.17) is 4.74 Å². The molecule has 1 aromatic heterocycles. The normalized spacial score (nSPS) is 11.4. The summed E-state index contributed by atoms with van der Waals surface area (Å²) in [4.78, 5) is 9.21. The lowest BCUT2D eigenvalue weighted by atomic mass is 10.3. The Morgan fingerprint density at radius 3 is 2.30 bits per heavy atom. The van der Waals surface area contributed by atoms with Crippen LogP contribution in [-0.4, -0.2) is 23.1 Å². The second-order valence-electron chi connectivity index (χ2n) is 4.54. The van der Waals surface area contributed by atoms with Crippen molar-refractivity contribution in [1.82, 2.24) is 9.97 Å². The molecule has 0 bridgehead atoms. The number of alkyl halides is 3. The topological polar surface area (TPSA) is 38.2 Å². The summed E-state index contributed by atoms with van der Waals surface area (Å²) < 4.78 is 56.8. The van der Waals surface area contributed by atoms with E-state index in [9.17, 15) is 17.6 Å². The minimum atomic E-state index is -4.60. The first kappa shape index (κ1) is 17.0. The van der Waals surface area contributed by atoms with Gasteiger partial charge < -0.3 is 9.64 Å². The maximum absolute atomic E-state index is 13.0. The fourth-order valence-electron chi connectivity index (χ4n) is 1.99. The van der Waals surface area contributed by atoms with Gasteiger partial charge >= 0.3 is 6.18 Å². The fraction of sp³-hybridized carbons (Fsp3) is 0.333. The molecule has 0 atom stereocenters. The molecule has 0 N–H and O–H groups in total. The van der Waals surface area contributed by atoms with Crippen molar-refractivity contribution in [3.05, 3.63) is 41.8 Å². The molecule has 0 fully saturated rings. The molecular weight excluding hydrogens is 314 g/mol. The monoisotopic (exact) mass is 329 g/mol. The van der Waals surface area contributed by atoms with Crippen molar-refractivity contribution in [3.8, 4) is 5.88 Å². The average molecular weight is 329 g/mol. The average Bonchev–Trinajstić information content (AvgIpc) is 2.49. The van der Waals surface area contributed by atoms with Crippen LogP contribution in [-0.2, 0) is 6.18 Å². The quantitative estimate of drug-likeness (QED) is 0.771. The van der Waals surface area contributed by atoms with Gasteiger partial charge in [0.1, 0.15) is 11.4 Å². The first-order valence-corrected chi connectivity index (χ1v) is 6.97. The Balaban J connectivity index is 2.45. The molecule has 0 aliphatic rings. The van der Waals surface area contributed by atoms with Crippen molar-refractivity contribution >= 4 is 11.6 Å². The van der Waals surface area contributed by atoms with Crippen LogP contribution < -0.4 is 9.64 Å². The zero-order valence-electron chi connectivity index (χ0n) is 12.6. The highest BCUT2D eigenvalue weighted by atomic mass is 19.4. The van der Waals surface area contributed by atoms with Gasteiger partial charge in [-0.3, -0.25) is 0 Å². The van der Waals surface area contributed by atoms with Gasteiger partial charge in [-0.1, -0.05) is 0 Å². The summed E-state index contributed by atoms with van der Waals surface area (Å²) in [5, 5.41) is 0. The van der Waals surface area contributed by atoms with E-state index in [2.05, 4.69) is 9.97 Å². The van der Waals surface area contributed by atoms with Crippen LogP contribution in [0.4, 0.5) is 29.2 Å². The smallest absolute Gasteiger partial charge is 0.423 e. The van der Waals surface area contributed by atoms with Gasteiger partial charge in [-0.25, -0.2) is 9.37 Å². The predicted octanol–water partition coefficient (Wildman–Crippen LogP) is 4.19. The van der Waals surface area contributed by atoms with Crippen molar-refractivity contribution in [3.63, 3.8) is 0 Å². The third kappa shape index (κ3) is 3.88. The largest absolute Gasteiger partial charge is 0.477 e. The third-order valence-corrected chi connectivity index (χ3v) is 3.02. The van der Waals surface area contributed by atoms with Crippen LogP contribution in [0, 0.1) is 5.82 Å². The van der Waals surface area contributed by atoms with Gasteiger partial charge in [-0.05, 0) is 38.1 Å².